The van der Waals surface area contributed by atoms with Gasteiger partial charge in [0.05, 0.1) is 20.3 Å². The second-order valence-corrected chi connectivity index (χ2v) is 5.37. The zero-order valence-corrected chi connectivity index (χ0v) is 13.6. The molecule has 0 aliphatic rings. The van der Waals surface area contributed by atoms with Gasteiger partial charge in [0.1, 0.15) is 6.61 Å². The van der Waals surface area contributed by atoms with Gasteiger partial charge < -0.3 is 25.6 Å². The summed E-state index contributed by atoms with van der Waals surface area (Å²) >= 11 is 0. The molecule has 0 fully saturated rings. The highest BCUT2D eigenvalue weighted by Gasteiger charge is 2.05. The number of nitrogens with one attached hydrogen (secondary N) is 1. The van der Waals surface area contributed by atoms with E-state index in [9.17, 15) is 0 Å². The Morgan fingerprint density at radius 3 is 2.77 bits per heavy atom. The lowest BCUT2D eigenvalue weighted by Gasteiger charge is -2.11. The summed E-state index contributed by atoms with van der Waals surface area (Å²) in [5.74, 6) is 2.30. The Balaban J connectivity index is 2.58. The predicted octanol–water partition coefficient (Wildman–Crippen LogP) is 1.52. The third kappa shape index (κ3) is 6.67. The third-order valence-electron chi connectivity index (χ3n) is 3.04. The lowest BCUT2D eigenvalue weighted by molar-refractivity contribution is 0.196. The number of aliphatic hydroxyl groups is 1. The highest BCUT2D eigenvalue weighted by molar-refractivity contribution is 5.77. The summed E-state index contributed by atoms with van der Waals surface area (Å²) in [7, 11) is 1.58. The second-order valence-electron chi connectivity index (χ2n) is 5.37. The molecule has 1 rings (SSSR count). The minimum Gasteiger partial charge on any atom is -0.493 e. The summed E-state index contributed by atoms with van der Waals surface area (Å²) in [6.45, 7) is 5.83. The second kappa shape index (κ2) is 9.89. The van der Waals surface area contributed by atoms with Gasteiger partial charge in [-0.3, -0.25) is 0 Å². The molecular weight excluding hydrogens is 282 g/mol. The van der Waals surface area contributed by atoms with Crippen LogP contribution in [0.25, 0.3) is 0 Å². The van der Waals surface area contributed by atoms with E-state index in [1.807, 2.05) is 18.2 Å². The number of rotatable bonds is 9. The number of guanidine groups is 1. The molecule has 0 amide bonds. The fourth-order valence-electron chi connectivity index (χ4n) is 1.81. The van der Waals surface area contributed by atoms with E-state index in [1.165, 1.54) is 0 Å². The first-order valence-electron chi connectivity index (χ1n) is 7.51. The highest BCUT2D eigenvalue weighted by Crippen LogP contribution is 2.28. The molecule has 4 N–H and O–H groups in total. The van der Waals surface area contributed by atoms with Gasteiger partial charge in [-0.2, -0.15) is 0 Å². The van der Waals surface area contributed by atoms with Gasteiger partial charge in [-0.1, -0.05) is 19.9 Å². The molecule has 6 nitrogen and oxygen atoms in total. The van der Waals surface area contributed by atoms with Crippen LogP contribution >= 0.6 is 0 Å². The van der Waals surface area contributed by atoms with E-state index in [0.717, 1.165) is 18.5 Å². The predicted molar refractivity (Wildman–Crippen MR) is 88.4 cm³/mol. The molecule has 0 atom stereocenters. The zero-order valence-electron chi connectivity index (χ0n) is 13.6. The van der Waals surface area contributed by atoms with Crippen LogP contribution in [0.4, 0.5) is 0 Å². The maximum Gasteiger partial charge on any atom is 0.188 e. The summed E-state index contributed by atoms with van der Waals surface area (Å²) in [4.78, 5) is 4.31. The van der Waals surface area contributed by atoms with Gasteiger partial charge in [0.15, 0.2) is 17.5 Å². The van der Waals surface area contributed by atoms with Crippen molar-refractivity contribution in [3.63, 3.8) is 0 Å². The molecular formula is C16H27N3O3. The van der Waals surface area contributed by atoms with Crippen molar-refractivity contribution in [2.24, 2.45) is 16.6 Å². The van der Waals surface area contributed by atoms with Gasteiger partial charge in [-0.25, -0.2) is 4.99 Å². The summed E-state index contributed by atoms with van der Waals surface area (Å²) in [6.07, 6.45) is 1.06. The van der Waals surface area contributed by atoms with E-state index in [2.05, 4.69) is 24.2 Å². The standard InChI is InChI=1S/C16H27N3O3/c1-12(2)6-7-18-16(17)19-11-13-4-5-14(22-9-8-20)15(10-13)21-3/h4-5,10,12,20H,6-9,11H2,1-3H3,(H3,17,18,19). The van der Waals surface area contributed by atoms with Gasteiger partial charge >= 0.3 is 0 Å². The Bertz CT molecular complexity index is 476. The Labute approximate surface area is 132 Å². The molecule has 0 saturated heterocycles. The van der Waals surface area contributed by atoms with Crippen molar-refractivity contribution in [2.75, 3.05) is 26.9 Å². The molecule has 0 aromatic heterocycles. The van der Waals surface area contributed by atoms with Crippen LogP contribution in [-0.4, -0.2) is 37.9 Å². The van der Waals surface area contributed by atoms with E-state index < -0.39 is 0 Å². The monoisotopic (exact) mass is 309 g/mol. The van der Waals surface area contributed by atoms with Gasteiger partial charge in [0.2, 0.25) is 0 Å². The number of benzene rings is 1. The average Bonchev–Trinajstić information content (AvgIpc) is 2.50. The van der Waals surface area contributed by atoms with E-state index in [1.54, 1.807) is 7.11 Å². The lowest BCUT2D eigenvalue weighted by atomic mass is 10.1. The van der Waals surface area contributed by atoms with Crippen LogP contribution in [-0.2, 0) is 6.54 Å². The molecule has 1 aromatic rings. The molecule has 0 aliphatic carbocycles. The topological polar surface area (TPSA) is 89.1 Å². The maximum atomic E-state index is 8.79. The number of aliphatic hydroxyl groups excluding tert-OH is 1. The molecule has 6 heteroatoms. The van der Waals surface area contributed by atoms with Crippen molar-refractivity contribution in [3.05, 3.63) is 23.8 Å². The molecule has 0 unspecified atom stereocenters. The van der Waals surface area contributed by atoms with Gasteiger partial charge in [-0.05, 0) is 30.0 Å². The van der Waals surface area contributed by atoms with Crippen molar-refractivity contribution < 1.29 is 14.6 Å². The molecule has 0 radical (unpaired) electrons. The molecule has 1 aromatic carbocycles. The summed E-state index contributed by atoms with van der Waals surface area (Å²) in [5.41, 5.74) is 6.80. The Morgan fingerprint density at radius 2 is 2.14 bits per heavy atom. The molecule has 0 heterocycles. The smallest absolute Gasteiger partial charge is 0.188 e. The Kier molecular flexibility index (Phi) is 8.14. The number of hydrogen-bond donors (Lipinski definition) is 3. The van der Waals surface area contributed by atoms with Gasteiger partial charge in [0.25, 0.3) is 0 Å². The molecule has 22 heavy (non-hydrogen) atoms. The van der Waals surface area contributed by atoms with Crippen LogP contribution in [0, 0.1) is 5.92 Å². The Morgan fingerprint density at radius 1 is 1.36 bits per heavy atom. The molecule has 124 valence electrons. The number of ether oxygens (including phenoxy) is 2. The summed E-state index contributed by atoms with van der Waals surface area (Å²) < 4.78 is 10.7. The first kappa shape index (κ1) is 18.1. The average molecular weight is 309 g/mol. The van der Waals surface area contributed by atoms with Crippen LogP contribution in [0.15, 0.2) is 23.2 Å². The van der Waals surface area contributed by atoms with Gasteiger partial charge in [0, 0.05) is 6.54 Å². The molecule has 0 aliphatic heterocycles. The van der Waals surface area contributed by atoms with Crippen LogP contribution in [0.5, 0.6) is 11.5 Å². The fraction of sp³-hybridized carbons (Fsp3) is 0.562. The van der Waals surface area contributed by atoms with E-state index in [4.69, 9.17) is 20.3 Å². The van der Waals surface area contributed by atoms with Crippen molar-refractivity contribution >= 4 is 5.96 Å². The summed E-state index contributed by atoms with van der Waals surface area (Å²) in [5, 5.41) is 11.9. The molecule has 0 bridgehead atoms. The minimum absolute atomic E-state index is 0.0339. The first-order chi connectivity index (χ1) is 10.6. The van der Waals surface area contributed by atoms with E-state index >= 15 is 0 Å². The number of nitrogens with zero attached hydrogens (tertiary/aromatic N) is 1. The maximum absolute atomic E-state index is 8.79. The number of nitrogens with two attached hydrogens (primary N) is 1. The summed E-state index contributed by atoms with van der Waals surface area (Å²) in [6, 6.07) is 5.57. The van der Waals surface area contributed by atoms with Crippen molar-refractivity contribution in [1.29, 1.82) is 0 Å². The van der Waals surface area contributed by atoms with Crippen molar-refractivity contribution in [3.8, 4) is 11.5 Å². The van der Waals surface area contributed by atoms with Crippen LogP contribution < -0.4 is 20.5 Å². The normalized spacial score (nSPS) is 11.6. The number of aliphatic imine (C=N–C) groups is 1. The first-order valence-corrected chi connectivity index (χ1v) is 7.51. The fourth-order valence-corrected chi connectivity index (χ4v) is 1.81. The SMILES string of the molecule is COc1cc(CN=C(N)NCCC(C)C)ccc1OCCO. The molecule has 0 spiro atoms. The van der Waals surface area contributed by atoms with Crippen molar-refractivity contribution in [2.45, 2.75) is 26.8 Å². The third-order valence-corrected chi connectivity index (χ3v) is 3.04. The quantitative estimate of drug-likeness (QED) is 0.475. The number of methoxy groups -OCH3 is 1. The van der Waals surface area contributed by atoms with Crippen molar-refractivity contribution in [1.82, 2.24) is 5.32 Å². The van der Waals surface area contributed by atoms with Crippen LogP contribution in [0.1, 0.15) is 25.8 Å². The van der Waals surface area contributed by atoms with E-state index in [0.29, 0.717) is 29.9 Å². The number of hydrogen-bond acceptors (Lipinski definition) is 4. The zero-order chi connectivity index (χ0) is 16.4. The van der Waals surface area contributed by atoms with Gasteiger partial charge in [-0.15, -0.1) is 0 Å². The minimum atomic E-state index is -0.0339. The van der Waals surface area contributed by atoms with E-state index in [-0.39, 0.29) is 13.2 Å². The highest BCUT2D eigenvalue weighted by atomic mass is 16.5. The van der Waals surface area contributed by atoms with Crippen LogP contribution in [0.3, 0.4) is 0 Å². The Hall–Kier alpha value is -1.95. The lowest BCUT2D eigenvalue weighted by Crippen LogP contribution is -2.32. The molecule has 0 saturated carbocycles. The largest absolute Gasteiger partial charge is 0.493 e. The van der Waals surface area contributed by atoms with Crippen LogP contribution in [0.2, 0.25) is 0 Å².